The van der Waals surface area contributed by atoms with Crippen molar-refractivity contribution in [3.8, 4) is 0 Å². The van der Waals surface area contributed by atoms with Crippen molar-refractivity contribution >= 4 is 12.0 Å². The maximum Gasteiger partial charge on any atom is 0.338 e. The van der Waals surface area contributed by atoms with Gasteiger partial charge in [-0.05, 0) is 31.5 Å². The number of urea groups is 1. The molecular weight excluding hydrogens is 303 g/mol. The highest BCUT2D eigenvalue weighted by Crippen LogP contribution is 2.27. The zero-order chi connectivity index (χ0) is 16.8. The number of hydrogen-bond donors (Lipinski definition) is 2. The molecule has 0 aromatic heterocycles. The molecule has 7 heteroatoms. The van der Waals surface area contributed by atoms with E-state index >= 15 is 0 Å². The number of hydrogen-bond acceptors (Lipinski definition) is 4. The Kier molecular flexibility index (Phi) is 5.70. The topological polar surface area (TPSA) is 76.7 Å². The van der Waals surface area contributed by atoms with Gasteiger partial charge < -0.3 is 20.1 Å². The smallest absolute Gasteiger partial charge is 0.338 e. The molecule has 0 fully saturated rings. The Bertz CT molecular complexity index is 613. The fourth-order valence-electron chi connectivity index (χ4n) is 2.29. The predicted molar refractivity (Wildman–Crippen MR) is 81.0 cm³/mol. The standard InChI is InChI=1S/C16H19FN2O4/c1-3-22-8-9-23-15(20)13-10(2)18-16(21)19-14(13)11-4-6-12(17)7-5-11/h4-7,14H,3,8-9H2,1-2H3,(H2,18,19,21)/t14-/m1/s1. The lowest BCUT2D eigenvalue weighted by Gasteiger charge is -2.28. The molecule has 2 N–H and O–H groups in total. The highest BCUT2D eigenvalue weighted by Gasteiger charge is 2.32. The third kappa shape index (κ3) is 4.29. The van der Waals surface area contributed by atoms with Gasteiger partial charge in [-0.15, -0.1) is 0 Å². The molecule has 23 heavy (non-hydrogen) atoms. The average Bonchev–Trinajstić information content (AvgIpc) is 2.51. The molecule has 124 valence electrons. The van der Waals surface area contributed by atoms with Crippen LogP contribution in [-0.4, -0.2) is 31.8 Å². The van der Waals surface area contributed by atoms with E-state index in [2.05, 4.69) is 10.6 Å². The molecule has 1 aliphatic rings. The van der Waals surface area contributed by atoms with Gasteiger partial charge in [0.15, 0.2) is 0 Å². The first kappa shape index (κ1) is 17.0. The second-order valence-electron chi connectivity index (χ2n) is 4.95. The molecule has 0 saturated heterocycles. The fourth-order valence-corrected chi connectivity index (χ4v) is 2.29. The van der Waals surface area contributed by atoms with Gasteiger partial charge in [0.2, 0.25) is 0 Å². The summed E-state index contributed by atoms with van der Waals surface area (Å²) in [5.74, 6) is -0.945. The summed E-state index contributed by atoms with van der Waals surface area (Å²) in [6.45, 7) is 4.42. The van der Waals surface area contributed by atoms with Crippen molar-refractivity contribution in [2.75, 3.05) is 19.8 Å². The van der Waals surface area contributed by atoms with Crippen molar-refractivity contribution in [2.24, 2.45) is 0 Å². The molecule has 1 atom stereocenters. The summed E-state index contributed by atoms with van der Waals surface area (Å²) in [4.78, 5) is 24.0. The summed E-state index contributed by atoms with van der Waals surface area (Å²) in [7, 11) is 0. The summed E-state index contributed by atoms with van der Waals surface area (Å²) in [5, 5.41) is 5.20. The molecule has 1 aromatic rings. The first-order valence-corrected chi connectivity index (χ1v) is 7.31. The lowest BCUT2D eigenvalue weighted by atomic mass is 9.95. The Morgan fingerprint density at radius 3 is 2.61 bits per heavy atom. The number of benzene rings is 1. The summed E-state index contributed by atoms with van der Waals surface area (Å²) < 4.78 is 23.4. The highest BCUT2D eigenvalue weighted by molar-refractivity contribution is 5.95. The van der Waals surface area contributed by atoms with Gasteiger partial charge in [-0.25, -0.2) is 14.0 Å². The van der Waals surface area contributed by atoms with Crippen LogP contribution in [0.25, 0.3) is 0 Å². The van der Waals surface area contributed by atoms with E-state index in [1.165, 1.54) is 24.3 Å². The average molecular weight is 322 g/mol. The van der Waals surface area contributed by atoms with Gasteiger partial charge >= 0.3 is 12.0 Å². The quantitative estimate of drug-likeness (QED) is 0.621. The van der Waals surface area contributed by atoms with E-state index in [0.29, 0.717) is 24.5 Å². The number of carbonyl (C=O) groups excluding carboxylic acids is 2. The van der Waals surface area contributed by atoms with Gasteiger partial charge in [0.05, 0.1) is 18.2 Å². The summed E-state index contributed by atoms with van der Waals surface area (Å²) in [6, 6.07) is 4.47. The molecule has 0 unspecified atom stereocenters. The van der Waals surface area contributed by atoms with Crippen LogP contribution in [0, 0.1) is 5.82 Å². The van der Waals surface area contributed by atoms with Gasteiger partial charge in [-0.3, -0.25) is 0 Å². The van der Waals surface area contributed by atoms with E-state index in [-0.39, 0.29) is 12.2 Å². The third-order valence-electron chi connectivity index (χ3n) is 3.36. The number of rotatable bonds is 6. The Balaban J connectivity index is 2.20. The molecule has 1 aromatic carbocycles. The lowest BCUT2D eigenvalue weighted by Crippen LogP contribution is -2.45. The summed E-state index contributed by atoms with van der Waals surface area (Å²) in [5.41, 5.74) is 1.29. The van der Waals surface area contributed by atoms with Crippen LogP contribution in [-0.2, 0) is 14.3 Å². The molecule has 0 spiro atoms. The van der Waals surface area contributed by atoms with Crippen LogP contribution in [0.2, 0.25) is 0 Å². The SMILES string of the molecule is CCOCCOC(=O)C1=C(C)NC(=O)N[C@@H]1c1ccc(F)cc1. The fraction of sp³-hybridized carbons (Fsp3) is 0.375. The molecule has 0 bridgehead atoms. The zero-order valence-electron chi connectivity index (χ0n) is 13.0. The third-order valence-corrected chi connectivity index (χ3v) is 3.36. The van der Waals surface area contributed by atoms with Gasteiger partial charge in [0.1, 0.15) is 12.4 Å². The summed E-state index contributed by atoms with van der Waals surface area (Å²) in [6.07, 6.45) is 0. The number of amides is 2. The molecule has 0 saturated carbocycles. The molecule has 2 amide bonds. The van der Waals surface area contributed by atoms with Crippen molar-refractivity contribution in [3.05, 3.63) is 46.9 Å². The second-order valence-corrected chi connectivity index (χ2v) is 4.95. The minimum Gasteiger partial charge on any atom is -0.460 e. The zero-order valence-corrected chi connectivity index (χ0v) is 13.0. The van der Waals surface area contributed by atoms with E-state index in [0.717, 1.165) is 0 Å². The lowest BCUT2D eigenvalue weighted by molar-refractivity contribution is -0.141. The maximum atomic E-state index is 13.1. The Morgan fingerprint density at radius 2 is 1.96 bits per heavy atom. The molecule has 1 aliphatic heterocycles. The molecular formula is C16H19FN2O4. The van der Waals surface area contributed by atoms with E-state index in [1.807, 2.05) is 6.92 Å². The largest absolute Gasteiger partial charge is 0.460 e. The molecule has 1 heterocycles. The van der Waals surface area contributed by atoms with Crippen LogP contribution in [0.15, 0.2) is 35.5 Å². The normalized spacial score (nSPS) is 17.5. The number of ether oxygens (including phenoxy) is 2. The van der Waals surface area contributed by atoms with E-state index in [1.54, 1.807) is 6.92 Å². The van der Waals surface area contributed by atoms with Gasteiger partial charge in [-0.1, -0.05) is 12.1 Å². The van der Waals surface area contributed by atoms with E-state index in [4.69, 9.17) is 9.47 Å². The number of allylic oxidation sites excluding steroid dienone is 1. The van der Waals surface area contributed by atoms with Crippen LogP contribution in [0.3, 0.4) is 0 Å². The molecule has 0 radical (unpaired) electrons. The van der Waals surface area contributed by atoms with Crippen molar-refractivity contribution in [1.82, 2.24) is 10.6 Å². The number of esters is 1. The predicted octanol–water partition coefficient (Wildman–Crippen LogP) is 2.03. The van der Waals surface area contributed by atoms with Gasteiger partial charge in [0.25, 0.3) is 0 Å². The minimum atomic E-state index is -0.691. The highest BCUT2D eigenvalue weighted by atomic mass is 19.1. The molecule has 6 nitrogen and oxygen atoms in total. The van der Waals surface area contributed by atoms with Crippen molar-refractivity contribution in [3.63, 3.8) is 0 Å². The monoisotopic (exact) mass is 322 g/mol. The van der Waals surface area contributed by atoms with Crippen molar-refractivity contribution in [1.29, 1.82) is 0 Å². The second kappa shape index (κ2) is 7.73. The Hall–Kier alpha value is -2.41. The Morgan fingerprint density at radius 1 is 1.26 bits per heavy atom. The van der Waals surface area contributed by atoms with Crippen LogP contribution in [0.5, 0.6) is 0 Å². The van der Waals surface area contributed by atoms with Gasteiger partial charge in [-0.2, -0.15) is 0 Å². The van der Waals surface area contributed by atoms with Gasteiger partial charge in [0, 0.05) is 12.3 Å². The number of halogens is 1. The van der Waals surface area contributed by atoms with Crippen LogP contribution < -0.4 is 10.6 Å². The van der Waals surface area contributed by atoms with Crippen LogP contribution >= 0.6 is 0 Å². The summed E-state index contributed by atoms with van der Waals surface area (Å²) >= 11 is 0. The first-order valence-electron chi connectivity index (χ1n) is 7.31. The molecule has 2 rings (SSSR count). The maximum absolute atomic E-state index is 13.1. The number of nitrogens with one attached hydrogen (secondary N) is 2. The van der Waals surface area contributed by atoms with Crippen LogP contribution in [0.4, 0.5) is 9.18 Å². The van der Waals surface area contributed by atoms with Crippen LogP contribution in [0.1, 0.15) is 25.5 Å². The van der Waals surface area contributed by atoms with Crippen molar-refractivity contribution in [2.45, 2.75) is 19.9 Å². The van der Waals surface area contributed by atoms with Crippen molar-refractivity contribution < 1.29 is 23.5 Å². The number of carbonyl (C=O) groups is 2. The van der Waals surface area contributed by atoms with E-state index < -0.39 is 23.9 Å². The Labute approximate surface area is 133 Å². The minimum absolute atomic E-state index is 0.119. The van der Waals surface area contributed by atoms with E-state index in [9.17, 15) is 14.0 Å². The first-order chi connectivity index (χ1) is 11.0. The molecule has 0 aliphatic carbocycles.